The van der Waals surface area contributed by atoms with Gasteiger partial charge in [0.15, 0.2) is 0 Å². The molecule has 0 saturated heterocycles. The molecule has 3 nitrogen and oxygen atoms in total. The fourth-order valence-electron chi connectivity index (χ4n) is 2.99. The SMILES string of the molecule is CC[C@H](c1ccccc1OC)[C@](O)(CC)c1ccccn1. The van der Waals surface area contributed by atoms with Crippen LogP contribution in [0.25, 0.3) is 0 Å². The number of hydrogen-bond donors (Lipinski definition) is 1. The quantitative estimate of drug-likeness (QED) is 0.875. The minimum absolute atomic E-state index is 0.0615. The highest BCUT2D eigenvalue weighted by Crippen LogP contribution is 2.43. The highest BCUT2D eigenvalue weighted by molar-refractivity contribution is 5.39. The van der Waals surface area contributed by atoms with Gasteiger partial charge in [0, 0.05) is 17.7 Å². The van der Waals surface area contributed by atoms with Gasteiger partial charge in [0.2, 0.25) is 0 Å². The van der Waals surface area contributed by atoms with Crippen molar-refractivity contribution in [1.29, 1.82) is 0 Å². The second kappa shape index (κ2) is 6.72. The van der Waals surface area contributed by atoms with Crippen LogP contribution in [0.2, 0.25) is 0 Å². The molecular weight excluding hydrogens is 262 g/mol. The van der Waals surface area contributed by atoms with Crippen LogP contribution in [0.5, 0.6) is 5.75 Å². The molecule has 1 aromatic heterocycles. The van der Waals surface area contributed by atoms with Gasteiger partial charge in [-0.3, -0.25) is 4.98 Å². The van der Waals surface area contributed by atoms with Crippen LogP contribution in [0, 0.1) is 0 Å². The second-order valence-corrected chi connectivity index (χ2v) is 5.20. The van der Waals surface area contributed by atoms with Crippen molar-refractivity contribution in [2.24, 2.45) is 0 Å². The van der Waals surface area contributed by atoms with Gasteiger partial charge in [-0.15, -0.1) is 0 Å². The summed E-state index contributed by atoms with van der Waals surface area (Å²) in [7, 11) is 1.66. The summed E-state index contributed by atoms with van der Waals surface area (Å²) >= 11 is 0. The first-order valence-electron chi connectivity index (χ1n) is 7.44. The Labute approximate surface area is 126 Å². The van der Waals surface area contributed by atoms with E-state index in [2.05, 4.69) is 11.9 Å². The molecule has 1 N–H and O–H groups in total. The number of nitrogens with zero attached hydrogens (tertiary/aromatic N) is 1. The van der Waals surface area contributed by atoms with Crippen LogP contribution in [0.15, 0.2) is 48.7 Å². The Morgan fingerprint density at radius 3 is 2.43 bits per heavy atom. The maximum atomic E-state index is 11.3. The Morgan fingerprint density at radius 1 is 1.14 bits per heavy atom. The molecule has 0 saturated carbocycles. The molecule has 112 valence electrons. The van der Waals surface area contributed by atoms with Gasteiger partial charge in [0.25, 0.3) is 0 Å². The van der Waals surface area contributed by atoms with E-state index in [0.29, 0.717) is 12.1 Å². The van der Waals surface area contributed by atoms with Gasteiger partial charge in [-0.1, -0.05) is 38.1 Å². The topological polar surface area (TPSA) is 42.4 Å². The van der Waals surface area contributed by atoms with Crippen LogP contribution < -0.4 is 4.74 Å². The summed E-state index contributed by atoms with van der Waals surface area (Å²) in [5.74, 6) is 0.751. The first kappa shape index (κ1) is 15.5. The smallest absolute Gasteiger partial charge is 0.122 e. The number of methoxy groups -OCH3 is 1. The van der Waals surface area contributed by atoms with Crippen LogP contribution in [-0.2, 0) is 5.60 Å². The molecule has 0 aliphatic heterocycles. The molecule has 0 aliphatic rings. The fraction of sp³-hybridized carbons (Fsp3) is 0.389. The van der Waals surface area contributed by atoms with Gasteiger partial charge in [-0.05, 0) is 31.0 Å². The van der Waals surface area contributed by atoms with Crippen molar-refractivity contribution in [3.63, 3.8) is 0 Å². The van der Waals surface area contributed by atoms with Gasteiger partial charge in [-0.25, -0.2) is 0 Å². The summed E-state index contributed by atoms with van der Waals surface area (Å²) < 4.78 is 5.47. The lowest BCUT2D eigenvalue weighted by atomic mass is 9.76. The molecule has 2 atom stereocenters. The lowest BCUT2D eigenvalue weighted by Crippen LogP contribution is -2.34. The predicted octanol–water partition coefficient (Wildman–Crippen LogP) is 3.88. The van der Waals surface area contributed by atoms with Crippen molar-refractivity contribution in [3.05, 3.63) is 59.9 Å². The van der Waals surface area contributed by atoms with E-state index in [1.165, 1.54) is 0 Å². The fourth-order valence-corrected chi connectivity index (χ4v) is 2.99. The van der Waals surface area contributed by atoms with E-state index in [9.17, 15) is 5.11 Å². The normalized spacial score (nSPS) is 15.2. The van der Waals surface area contributed by atoms with E-state index in [0.717, 1.165) is 17.7 Å². The van der Waals surface area contributed by atoms with Gasteiger partial charge >= 0.3 is 0 Å². The van der Waals surface area contributed by atoms with E-state index < -0.39 is 5.60 Å². The highest BCUT2D eigenvalue weighted by Gasteiger charge is 2.39. The van der Waals surface area contributed by atoms with Crippen molar-refractivity contribution in [2.75, 3.05) is 7.11 Å². The van der Waals surface area contributed by atoms with Crippen LogP contribution in [0.3, 0.4) is 0 Å². The molecule has 0 unspecified atom stereocenters. The standard InChI is InChI=1S/C18H23NO2/c1-4-15(14-10-6-7-11-16(14)21-3)18(20,5-2)17-12-8-9-13-19-17/h6-13,15,20H,4-5H2,1-3H3/t15-,18-/m1/s1. The average Bonchev–Trinajstić information content (AvgIpc) is 2.56. The van der Waals surface area contributed by atoms with E-state index >= 15 is 0 Å². The maximum Gasteiger partial charge on any atom is 0.122 e. The van der Waals surface area contributed by atoms with Crippen LogP contribution >= 0.6 is 0 Å². The van der Waals surface area contributed by atoms with Crippen LogP contribution in [-0.4, -0.2) is 17.2 Å². The molecule has 0 fully saturated rings. The van der Waals surface area contributed by atoms with Crippen molar-refractivity contribution >= 4 is 0 Å². The molecule has 2 aromatic rings. The zero-order chi connectivity index (χ0) is 15.3. The maximum absolute atomic E-state index is 11.3. The van der Waals surface area contributed by atoms with Gasteiger partial charge in [0.05, 0.1) is 12.8 Å². The largest absolute Gasteiger partial charge is 0.496 e. The van der Waals surface area contributed by atoms with Gasteiger partial charge in [0.1, 0.15) is 11.4 Å². The number of rotatable bonds is 6. The number of ether oxygens (including phenoxy) is 1. The Hall–Kier alpha value is -1.87. The van der Waals surface area contributed by atoms with Crippen molar-refractivity contribution in [2.45, 2.75) is 38.2 Å². The molecule has 0 radical (unpaired) electrons. The summed E-state index contributed by atoms with van der Waals surface area (Å²) in [5, 5.41) is 11.3. The molecule has 0 bridgehead atoms. The summed E-state index contributed by atoms with van der Waals surface area (Å²) in [4.78, 5) is 4.38. The number of aliphatic hydroxyl groups is 1. The lowest BCUT2D eigenvalue weighted by molar-refractivity contribution is -0.00329. The Balaban J connectivity index is 2.52. The van der Waals surface area contributed by atoms with Crippen molar-refractivity contribution < 1.29 is 9.84 Å². The van der Waals surface area contributed by atoms with E-state index in [1.807, 2.05) is 49.4 Å². The third-order valence-corrected chi connectivity index (χ3v) is 4.15. The van der Waals surface area contributed by atoms with Crippen LogP contribution in [0.1, 0.15) is 43.9 Å². The average molecular weight is 285 g/mol. The van der Waals surface area contributed by atoms with Crippen molar-refractivity contribution in [3.8, 4) is 5.75 Å². The minimum Gasteiger partial charge on any atom is -0.496 e. The summed E-state index contributed by atoms with van der Waals surface area (Å²) in [6.07, 6.45) is 3.13. The Morgan fingerprint density at radius 2 is 1.86 bits per heavy atom. The molecule has 0 aliphatic carbocycles. The number of pyridine rings is 1. The summed E-state index contributed by atoms with van der Waals surface area (Å²) in [6.45, 7) is 4.08. The molecule has 3 heteroatoms. The number of aromatic nitrogens is 1. The third kappa shape index (κ3) is 2.93. The number of benzene rings is 1. The first-order chi connectivity index (χ1) is 10.2. The highest BCUT2D eigenvalue weighted by atomic mass is 16.5. The Bertz CT molecular complexity index is 570. The van der Waals surface area contributed by atoms with Gasteiger partial charge in [-0.2, -0.15) is 0 Å². The lowest BCUT2D eigenvalue weighted by Gasteiger charge is -2.35. The Kier molecular flexibility index (Phi) is 4.97. The first-order valence-corrected chi connectivity index (χ1v) is 7.44. The summed E-state index contributed by atoms with van der Waals surface area (Å²) in [6, 6.07) is 13.6. The monoisotopic (exact) mass is 285 g/mol. The molecule has 1 heterocycles. The molecule has 1 aromatic carbocycles. The second-order valence-electron chi connectivity index (χ2n) is 5.20. The molecular formula is C18H23NO2. The van der Waals surface area contributed by atoms with E-state index in [4.69, 9.17) is 4.74 Å². The number of para-hydroxylation sites is 1. The number of hydrogen-bond acceptors (Lipinski definition) is 3. The predicted molar refractivity (Wildman–Crippen MR) is 84.5 cm³/mol. The molecule has 0 spiro atoms. The van der Waals surface area contributed by atoms with Gasteiger partial charge < -0.3 is 9.84 Å². The van der Waals surface area contributed by atoms with Crippen molar-refractivity contribution in [1.82, 2.24) is 4.98 Å². The van der Waals surface area contributed by atoms with Crippen LogP contribution in [0.4, 0.5) is 0 Å². The zero-order valence-electron chi connectivity index (χ0n) is 12.9. The molecule has 21 heavy (non-hydrogen) atoms. The summed E-state index contributed by atoms with van der Waals surface area (Å²) in [5.41, 5.74) is 0.743. The third-order valence-electron chi connectivity index (χ3n) is 4.15. The van der Waals surface area contributed by atoms with E-state index in [1.54, 1.807) is 13.3 Å². The molecule has 2 rings (SSSR count). The molecule has 0 amide bonds. The van der Waals surface area contributed by atoms with E-state index in [-0.39, 0.29) is 5.92 Å². The minimum atomic E-state index is -0.995. The zero-order valence-corrected chi connectivity index (χ0v) is 12.9.